The van der Waals surface area contributed by atoms with Crippen molar-refractivity contribution in [2.45, 2.75) is 39.0 Å². The Labute approximate surface area is 109 Å². The van der Waals surface area contributed by atoms with Crippen LogP contribution in [0.2, 0.25) is 0 Å². The number of thiophene rings is 1. The molecule has 0 spiro atoms. The highest BCUT2D eigenvalue weighted by molar-refractivity contribution is 9.11. The molecule has 1 saturated carbocycles. The van der Waals surface area contributed by atoms with Gasteiger partial charge in [0.05, 0.1) is 3.79 Å². The molecular formula is C13H17BrOS. The van der Waals surface area contributed by atoms with E-state index in [9.17, 15) is 4.79 Å². The van der Waals surface area contributed by atoms with Gasteiger partial charge >= 0.3 is 0 Å². The molecule has 0 bridgehead atoms. The van der Waals surface area contributed by atoms with Crippen molar-refractivity contribution in [3.8, 4) is 0 Å². The van der Waals surface area contributed by atoms with Gasteiger partial charge in [-0.1, -0.05) is 19.8 Å². The average Bonchev–Trinajstić information content (AvgIpc) is 2.64. The molecule has 0 aliphatic heterocycles. The van der Waals surface area contributed by atoms with Gasteiger partial charge in [0.25, 0.3) is 0 Å². The average molecular weight is 301 g/mol. The molecule has 2 rings (SSSR count). The smallest absolute Gasteiger partial charge is 0.141 e. The molecule has 1 aliphatic rings. The fourth-order valence-corrected chi connectivity index (χ4v) is 3.98. The summed E-state index contributed by atoms with van der Waals surface area (Å²) in [7, 11) is 0. The van der Waals surface area contributed by atoms with Gasteiger partial charge in [-0.2, -0.15) is 0 Å². The fraction of sp³-hybridized carbons (Fsp3) is 0.615. The molecule has 2 unspecified atom stereocenters. The Hall–Kier alpha value is -0.150. The van der Waals surface area contributed by atoms with Crippen LogP contribution in [0.5, 0.6) is 0 Å². The molecule has 0 aromatic carbocycles. The summed E-state index contributed by atoms with van der Waals surface area (Å²) in [6.45, 7) is 2.27. The molecule has 1 heterocycles. The number of halogens is 1. The van der Waals surface area contributed by atoms with Crippen LogP contribution < -0.4 is 0 Å². The second-order valence-corrected chi connectivity index (χ2v) is 7.37. The molecule has 1 aromatic rings. The lowest BCUT2D eigenvalue weighted by atomic mass is 9.79. The van der Waals surface area contributed by atoms with Crippen molar-refractivity contribution in [2.75, 3.05) is 0 Å². The summed E-state index contributed by atoms with van der Waals surface area (Å²) < 4.78 is 1.12. The third kappa shape index (κ3) is 3.17. The maximum atomic E-state index is 12.1. The lowest BCUT2D eigenvalue weighted by Gasteiger charge is -2.25. The van der Waals surface area contributed by atoms with Crippen LogP contribution in [-0.2, 0) is 11.2 Å². The van der Waals surface area contributed by atoms with Gasteiger partial charge in [0.2, 0.25) is 0 Å². The number of Topliss-reactive ketones (excluding diaryl/α,β-unsaturated/α-hetero) is 1. The monoisotopic (exact) mass is 300 g/mol. The minimum Gasteiger partial charge on any atom is -0.299 e. The molecule has 1 aliphatic carbocycles. The van der Waals surface area contributed by atoms with E-state index in [1.54, 1.807) is 11.3 Å². The summed E-state index contributed by atoms with van der Waals surface area (Å²) in [5, 5.41) is 0. The van der Waals surface area contributed by atoms with Crippen LogP contribution >= 0.6 is 27.3 Å². The quantitative estimate of drug-likeness (QED) is 0.806. The highest BCUT2D eigenvalue weighted by Gasteiger charge is 2.24. The largest absolute Gasteiger partial charge is 0.299 e. The lowest BCUT2D eigenvalue weighted by molar-refractivity contribution is -0.123. The van der Waals surface area contributed by atoms with Gasteiger partial charge in [0, 0.05) is 17.2 Å². The number of ketones is 1. The molecular weight excluding hydrogens is 284 g/mol. The molecule has 3 heteroatoms. The van der Waals surface area contributed by atoms with Crippen molar-refractivity contribution in [3.63, 3.8) is 0 Å². The van der Waals surface area contributed by atoms with E-state index in [0.29, 0.717) is 18.1 Å². The molecule has 1 aromatic heterocycles. The van der Waals surface area contributed by atoms with E-state index in [2.05, 4.69) is 28.9 Å². The molecule has 1 nitrogen and oxygen atoms in total. The standard InChI is InChI=1S/C13H17BrOS/c1-9-3-2-4-10(7-9)12(15)8-11-5-6-13(14)16-11/h5-6,9-10H,2-4,7-8H2,1H3. The summed E-state index contributed by atoms with van der Waals surface area (Å²) in [5.41, 5.74) is 0. The lowest BCUT2D eigenvalue weighted by Crippen LogP contribution is -2.22. The van der Waals surface area contributed by atoms with Crippen LogP contribution in [0.3, 0.4) is 0 Å². The van der Waals surface area contributed by atoms with Crippen molar-refractivity contribution in [3.05, 3.63) is 20.8 Å². The summed E-state index contributed by atoms with van der Waals surface area (Å²) >= 11 is 5.11. The maximum absolute atomic E-state index is 12.1. The summed E-state index contributed by atoms with van der Waals surface area (Å²) in [5.74, 6) is 1.50. The van der Waals surface area contributed by atoms with E-state index in [-0.39, 0.29) is 0 Å². The predicted octanol–water partition coefficient (Wildman–Crippen LogP) is 4.45. The zero-order valence-electron chi connectivity index (χ0n) is 9.54. The van der Waals surface area contributed by atoms with Gasteiger partial charge in [-0.15, -0.1) is 11.3 Å². The minimum atomic E-state index is 0.324. The second kappa shape index (κ2) is 5.46. The first-order valence-corrected chi connectivity index (χ1v) is 7.53. The fourth-order valence-electron chi connectivity index (χ4n) is 2.49. The van der Waals surface area contributed by atoms with Crippen LogP contribution in [0.4, 0.5) is 0 Å². The summed E-state index contributed by atoms with van der Waals surface area (Å²) in [6, 6.07) is 4.08. The maximum Gasteiger partial charge on any atom is 0.141 e. The van der Waals surface area contributed by atoms with Crippen LogP contribution in [0.15, 0.2) is 15.9 Å². The number of carbonyl (C=O) groups is 1. The highest BCUT2D eigenvalue weighted by Crippen LogP contribution is 2.31. The predicted molar refractivity (Wildman–Crippen MR) is 71.9 cm³/mol. The van der Waals surface area contributed by atoms with E-state index < -0.39 is 0 Å². The normalized spacial score (nSPS) is 25.6. The molecule has 2 atom stereocenters. The SMILES string of the molecule is CC1CCCC(C(=O)Cc2ccc(Br)s2)C1. The Kier molecular flexibility index (Phi) is 4.20. The minimum absolute atomic E-state index is 0.324. The van der Waals surface area contributed by atoms with Crippen LogP contribution in [-0.4, -0.2) is 5.78 Å². The Morgan fingerprint density at radius 1 is 1.50 bits per heavy atom. The van der Waals surface area contributed by atoms with E-state index in [4.69, 9.17) is 0 Å². The van der Waals surface area contributed by atoms with Crippen molar-refractivity contribution >= 4 is 33.0 Å². The van der Waals surface area contributed by atoms with E-state index >= 15 is 0 Å². The molecule has 88 valence electrons. The van der Waals surface area contributed by atoms with Crippen molar-refractivity contribution < 1.29 is 4.79 Å². The van der Waals surface area contributed by atoms with E-state index in [1.165, 1.54) is 17.7 Å². The summed E-state index contributed by atoms with van der Waals surface area (Å²) in [4.78, 5) is 13.3. The van der Waals surface area contributed by atoms with Crippen molar-refractivity contribution in [1.82, 2.24) is 0 Å². The van der Waals surface area contributed by atoms with Gasteiger partial charge in [-0.25, -0.2) is 0 Å². The molecule has 0 amide bonds. The highest BCUT2D eigenvalue weighted by atomic mass is 79.9. The Bertz CT molecular complexity index is 372. The van der Waals surface area contributed by atoms with Crippen molar-refractivity contribution in [2.24, 2.45) is 11.8 Å². The third-order valence-corrected chi connectivity index (χ3v) is 4.99. The second-order valence-electron chi connectivity index (χ2n) is 4.82. The van der Waals surface area contributed by atoms with Crippen molar-refractivity contribution in [1.29, 1.82) is 0 Å². The summed E-state index contributed by atoms with van der Waals surface area (Å²) in [6.07, 6.45) is 5.37. The van der Waals surface area contributed by atoms with Gasteiger partial charge in [0.1, 0.15) is 5.78 Å². The zero-order valence-corrected chi connectivity index (χ0v) is 11.9. The van der Waals surface area contributed by atoms with Gasteiger partial charge in [-0.3, -0.25) is 4.79 Å². The number of hydrogen-bond acceptors (Lipinski definition) is 2. The molecule has 1 fully saturated rings. The topological polar surface area (TPSA) is 17.1 Å². The zero-order chi connectivity index (χ0) is 11.5. The van der Waals surface area contributed by atoms with Crippen LogP contribution in [0.25, 0.3) is 0 Å². The molecule has 0 radical (unpaired) electrons. The number of carbonyl (C=O) groups excluding carboxylic acids is 1. The van der Waals surface area contributed by atoms with E-state index in [1.807, 2.05) is 6.07 Å². The molecule has 0 N–H and O–H groups in total. The van der Waals surface area contributed by atoms with Gasteiger partial charge in [-0.05, 0) is 46.8 Å². The van der Waals surface area contributed by atoms with E-state index in [0.717, 1.165) is 22.5 Å². The van der Waals surface area contributed by atoms with Gasteiger partial charge < -0.3 is 0 Å². The Morgan fingerprint density at radius 3 is 2.94 bits per heavy atom. The Balaban J connectivity index is 1.92. The first-order valence-electron chi connectivity index (χ1n) is 5.92. The first-order chi connectivity index (χ1) is 7.65. The Morgan fingerprint density at radius 2 is 2.31 bits per heavy atom. The molecule has 0 saturated heterocycles. The number of rotatable bonds is 3. The van der Waals surface area contributed by atoms with Gasteiger partial charge in [0.15, 0.2) is 0 Å². The van der Waals surface area contributed by atoms with Crippen LogP contribution in [0.1, 0.15) is 37.5 Å². The third-order valence-electron chi connectivity index (χ3n) is 3.37. The number of hydrogen-bond donors (Lipinski definition) is 0. The first kappa shape index (κ1) is 12.3. The van der Waals surface area contributed by atoms with Crippen LogP contribution in [0, 0.1) is 11.8 Å². The molecule has 16 heavy (non-hydrogen) atoms.